The number of fused-ring (bicyclic) bond motifs is 1. The second-order valence-corrected chi connectivity index (χ2v) is 7.27. The maximum absolute atomic E-state index is 12.8. The van der Waals surface area contributed by atoms with Crippen molar-refractivity contribution in [2.24, 2.45) is 0 Å². The smallest absolute Gasteiger partial charge is 0.259 e. The molecule has 3 aromatic carbocycles. The van der Waals surface area contributed by atoms with E-state index in [1.54, 1.807) is 43.5 Å². The van der Waals surface area contributed by atoms with E-state index in [-0.39, 0.29) is 11.7 Å². The number of amides is 1. The van der Waals surface area contributed by atoms with Gasteiger partial charge in [-0.2, -0.15) is 0 Å². The standard InChI is InChI=1S/C22H18N2O4S/c1-27-14-8-9-15(19(12-14)28-2)21(26)23-13-7-10-18(25)16(11-13)22-24-17-5-3-4-6-20(17)29-22/h3-12,25H,1-2H3,(H,23,26). The molecule has 0 fully saturated rings. The molecule has 2 N–H and O–H groups in total. The number of ether oxygens (including phenoxy) is 2. The Morgan fingerprint density at radius 3 is 2.62 bits per heavy atom. The Morgan fingerprint density at radius 1 is 1.03 bits per heavy atom. The number of benzene rings is 3. The van der Waals surface area contributed by atoms with Gasteiger partial charge in [0.25, 0.3) is 5.91 Å². The molecule has 1 heterocycles. The Kier molecular flexibility index (Phi) is 5.05. The molecule has 6 nitrogen and oxygen atoms in total. The van der Waals surface area contributed by atoms with Crippen LogP contribution in [0.25, 0.3) is 20.8 Å². The van der Waals surface area contributed by atoms with Gasteiger partial charge in [-0.1, -0.05) is 12.1 Å². The van der Waals surface area contributed by atoms with E-state index in [0.29, 0.717) is 33.3 Å². The highest BCUT2D eigenvalue weighted by molar-refractivity contribution is 7.21. The molecule has 0 atom stereocenters. The SMILES string of the molecule is COc1ccc(C(=O)Nc2ccc(O)c(-c3nc4ccccc4s3)c2)c(OC)c1. The zero-order valence-electron chi connectivity index (χ0n) is 15.8. The largest absolute Gasteiger partial charge is 0.507 e. The van der Waals surface area contributed by atoms with Crippen LogP contribution in [0.5, 0.6) is 17.2 Å². The molecule has 0 saturated carbocycles. The van der Waals surface area contributed by atoms with Gasteiger partial charge in [-0.3, -0.25) is 4.79 Å². The van der Waals surface area contributed by atoms with Gasteiger partial charge in [0, 0.05) is 11.8 Å². The van der Waals surface area contributed by atoms with Crippen molar-refractivity contribution in [3.8, 4) is 27.8 Å². The first-order valence-corrected chi connectivity index (χ1v) is 9.63. The minimum Gasteiger partial charge on any atom is -0.507 e. The van der Waals surface area contributed by atoms with E-state index >= 15 is 0 Å². The van der Waals surface area contributed by atoms with Gasteiger partial charge < -0.3 is 19.9 Å². The molecular formula is C22H18N2O4S. The van der Waals surface area contributed by atoms with Gasteiger partial charge in [0.05, 0.1) is 35.6 Å². The molecule has 0 bridgehead atoms. The first-order valence-electron chi connectivity index (χ1n) is 8.81. The number of phenols is 1. The van der Waals surface area contributed by atoms with Crippen LogP contribution in [0.3, 0.4) is 0 Å². The fourth-order valence-electron chi connectivity index (χ4n) is 2.96. The van der Waals surface area contributed by atoms with Gasteiger partial charge in [-0.25, -0.2) is 4.98 Å². The number of aromatic nitrogens is 1. The summed E-state index contributed by atoms with van der Waals surface area (Å²) in [5.41, 5.74) is 2.35. The number of hydrogen-bond donors (Lipinski definition) is 2. The number of aromatic hydroxyl groups is 1. The highest BCUT2D eigenvalue weighted by atomic mass is 32.1. The van der Waals surface area contributed by atoms with E-state index in [9.17, 15) is 9.90 Å². The van der Waals surface area contributed by atoms with Crippen molar-refractivity contribution in [2.75, 3.05) is 19.5 Å². The van der Waals surface area contributed by atoms with Crippen LogP contribution < -0.4 is 14.8 Å². The number of thiazole rings is 1. The van der Waals surface area contributed by atoms with Gasteiger partial charge in [0.2, 0.25) is 0 Å². The number of carbonyl (C=O) groups is 1. The Balaban J connectivity index is 1.65. The van der Waals surface area contributed by atoms with Crippen molar-refractivity contribution in [3.63, 3.8) is 0 Å². The topological polar surface area (TPSA) is 80.7 Å². The van der Waals surface area contributed by atoms with E-state index in [4.69, 9.17) is 9.47 Å². The molecule has 0 aliphatic heterocycles. The summed E-state index contributed by atoms with van der Waals surface area (Å²) >= 11 is 1.48. The lowest BCUT2D eigenvalue weighted by Gasteiger charge is -2.12. The molecule has 0 unspecified atom stereocenters. The summed E-state index contributed by atoms with van der Waals surface area (Å²) < 4.78 is 11.5. The number of para-hydroxylation sites is 1. The third-order valence-electron chi connectivity index (χ3n) is 4.43. The number of rotatable bonds is 5. The zero-order chi connectivity index (χ0) is 20.4. The Bertz CT molecular complexity index is 1170. The van der Waals surface area contributed by atoms with Gasteiger partial charge in [-0.15, -0.1) is 11.3 Å². The van der Waals surface area contributed by atoms with Crippen molar-refractivity contribution < 1.29 is 19.4 Å². The van der Waals surface area contributed by atoms with Crippen LogP contribution in [-0.2, 0) is 0 Å². The molecule has 1 aromatic heterocycles. The summed E-state index contributed by atoms with van der Waals surface area (Å²) in [5.74, 6) is 0.780. The molecule has 1 amide bonds. The average Bonchev–Trinajstić information content (AvgIpc) is 3.18. The summed E-state index contributed by atoms with van der Waals surface area (Å²) in [7, 11) is 3.05. The number of phenolic OH excluding ortho intramolecular Hbond substituents is 1. The highest BCUT2D eigenvalue weighted by Crippen LogP contribution is 2.37. The zero-order valence-corrected chi connectivity index (χ0v) is 16.6. The van der Waals surface area contributed by atoms with E-state index in [0.717, 1.165) is 10.2 Å². The highest BCUT2D eigenvalue weighted by Gasteiger charge is 2.16. The van der Waals surface area contributed by atoms with Crippen molar-refractivity contribution in [3.05, 3.63) is 66.2 Å². The number of nitrogens with zero attached hydrogens (tertiary/aromatic N) is 1. The molecule has 29 heavy (non-hydrogen) atoms. The van der Waals surface area contributed by atoms with Crippen molar-refractivity contribution in [1.29, 1.82) is 0 Å². The van der Waals surface area contributed by atoms with Crippen molar-refractivity contribution in [1.82, 2.24) is 4.98 Å². The van der Waals surface area contributed by atoms with E-state index in [1.807, 2.05) is 24.3 Å². The maximum Gasteiger partial charge on any atom is 0.259 e. The van der Waals surface area contributed by atoms with Gasteiger partial charge in [-0.05, 0) is 42.5 Å². The second kappa shape index (κ2) is 7.81. The van der Waals surface area contributed by atoms with Crippen LogP contribution in [0.2, 0.25) is 0 Å². The van der Waals surface area contributed by atoms with Crippen LogP contribution in [0, 0.1) is 0 Å². The Hall–Kier alpha value is -3.58. The molecular weight excluding hydrogens is 388 g/mol. The van der Waals surface area contributed by atoms with E-state index < -0.39 is 0 Å². The van der Waals surface area contributed by atoms with E-state index in [1.165, 1.54) is 18.4 Å². The lowest BCUT2D eigenvalue weighted by atomic mass is 10.1. The number of nitrogens with one attached hydrogen (secondary N) is 1. The van der Waals surface area contributed by atoms with Crippen molar-refractivity contribution >= 4 is 33.1 Å². The number of carbonyl (C=O) groups excluding carboxylic acids is 1. The molecule has 146 valence electrons. The van der Waals surface area contributed by atoms with Gasteiger partial charge >= 0.3 is 0 Å². The lowest BCUT2D eigenvalue weighted by Crippen LogP contribution is -2.13. The summed E-state index contributed by atoms with van der Waals surface area (Å²) in [5, 5.41) is 13.9. The predicted molar refractivity (Wildman–Crippen MR) is 114 cm³/mol. The number of anilines is 1. The Morgan fingerprint density at radius 2 is 1.86 bits per heavy atom. The van der Waals surface area contributed by atoms with Gasteiger partial charge in [0.1, 0.15) is 22.3 Å². The minimum atomic E-state index is -0.328. The Labute approximate surface area is 171 Å². The molecule has 4 aromatic rings. The van der Waals surface area contributed by atoms with E-state index in [2.05, 4.69) is 10.3 Å². The third kappa shape index (κ3) is 3.72. The monoisotopic (exact) mass is 406 g/mol. The maximum atomic E-state index is 12.8. The van der Waals surface area contributed by atoms with Crippen LogP contribution in [-0.4, -0.2) is 30.2 Å². The third-order valence-corrected chi connectivity index (χ3v) is 5.50. The van der Waals surface area contributed by atoms with Crippen LogP contribution in [0.1, 0.15) is 10.4 Å². The summed E-state index contributed by atoms with van der Waals surface area (Å²) in [6.45, 7) is 0. The summed E-state index contributed by atoms with van der Waals surface area (Å²) in [6.07, 6.45) is 0. The molecule has 0 aliphatic rings. The minimum absolute atomic E-state index is 0.101. The quantitative estimate of drug-likeness (QED) is 0.459. The molecule has 0 radical (unpaired) electrons. The predicted octanol–water partition coefficient (Wildman–Crippen LogP) is 4.94. The number of methoxy groups -OCH3 is 2. The van der Waals surface area contributed by atoms with Crippen molar-refractivity contribution in [2.45, 2.75) is 0 Å². The molecule has 0 aliphatic carbocycles. The molecule has 0 saturated heterocycles. The summed E-state index contributed by atoms with van der Waals surface area (Å²) in [6, 6.07) is 17.7. The van der Waals surface area contributed by atoms with Crippen LogP contribution in [0.15, 0.2) is 60.7 Å². The fraction of sp³-hybridized carbons (Fsp3) is 0.0909. The molecule has 7 heteroatoms. The normalized spacial score (nSPS) is 10.7. The first-order chi connectivity index (χ1) is 14.1. The van der Waals surface area contributed by atoms with Crippen LogP contribution >= 0.6 is 11.3 Å². The summed E-state index contributed by atoms with van der Waals surface area (Å²) in [4.78, 5) is 17.3. The molecule has 0 spiro atoms. The van der Waals surface area contributed by atoms with Crippen LogP contribution in [0.4, 0.5) is 5.69 Å². The lowest BCUT2D eigenvalue weighted by molar-refractivity contribution is 0.102. The first kappa shape index (κ1) is 18.8. The fourth-order valence-corrected chi connectivity index (χ4v) is 3.95. The number of hydrogen-bond acceptors (Lipinski definition) is 6. The second-order valence-electron chi connectivity index (χ2n) is 6.24. The van der Waals surface area contributed by atoms with Gasteiger partial charge in [0.15, 0.2) is 0 Å². The average molecular weight is 406 g/mol. The molecule has 4 rings (SSSR count).